The van der Waals surface area contributed by atoms with Gasteiger partial charge in [0.25, 0.3) is 0 Å². The van der Waals surface area contributed by atoms with Crippen LogP contribution in [0.1, 0.15) is 24.7 Å². The molecule has 1 fully saturated rings. The predicted molar refractivity (Wildman–Crippen MR) is 59.2 cm³/mol. The molecule has 4 nitrogen and oxygen atoms in total. The van der Waals surface area contributed by atoms with E-state index in [1.54, 1.807) is 25.0 Å². The maximum atomic E-state index is 14.4. The molecule has 0 radical (unpaired) electrons. The van der Waals surface area contributed by atoms with Crippen LogP contribution in [0.2, 0.25) is 0 Å². The molecule has 0 aromatic carbocycles. The van der Waals surface area contributed by atoms with Crippen LogP contribution in [0.3, 0.4) is 0 Å². The highest BCUT2D eigenvalue weighted by atomic mass is 19.1. The number of hydrogen-bond donors (Lipinski definition) is 1. The first-order chi connectivity index (χ1) is 7.74. The molecule has 90 valence electrons. The van der Waals surface area contributed by atoms with E-state index < -0.39 is 6.17 Å². The van der Waals surface area contributed by atoms with E-state index in [0.29, 0.717) is 11.4 Å². The largest absolute Gasteiger partial charge is 0.493 e. The van der Waals surface area contributed by atoms with Gasteiger partial charge in [-0.3, -0.25) is 4.68 Å². The summed E-state index contributed by atoms with van der Waals surface area (Å²) in [7, 11) is 3.30. The van der Waals surface area contributed by atoms with Gasteiger partial charge in [0.15, 0.2) is 5.75 Å². The minimum absolute atomic E-state index is 0.0260. The molecule has 16 heavy (non-hydrogen) atoms. The summed E-state index contributed by atoms with van der Waals surface area (Å²) in [5, 5.41) is 7.26. The Morgan fingerprint density at radius 3 is 3.12 bits per heavy atom. The zero-order valence-corrected chi connectivity index (χ0v) is 9.74. The van der Waals surface area contributed by atoms with E-state index in [2.05, 4.69) is 10.4 Å². The highest BCUT2D eigenvalue weighted by Crippen LogP contribution is 2.35. The fourth-order valence-electron chi connectivity index (χ4n) is 2.25. The number of nitrogens with zero attached hydrogens (tertiary/aromatic N) is 2. The molecule has 1 N–H and O–H groups in total. The topological polar surface area (TPSA) is 39.1 Å². The van der Waals surface area contributed by atoms with Crippen molar-refractivity contribution in [2.75, 3.05) is 20.2 Å². The number of aryl methyl sites for hydroxylation is 1. The lowest BCUT2D eigenvalue weighted by atomic mass is 9.92. The Kier molecular flexibility index (Phi) is 3.43. The van der Waals surface area contributed by atoms with Crippen molar-refractivity contribution >= 4 is 0 Å². The first kappa shape index (κ1) is 11.4. The molecule has 1 aromatic rings. The molecule has 2 rings (SSSR count). The van der Waals surface area contributed by atoms with Gasteiger partial charge >= 0.3 is 0 Å². The number of nitrogens with one attached hydrogen (secondary N) is 1. The maximum Gasteiger partial charge on any atom is 0.162 e. The molecule has 1 aromatic heterocycles. The van der Waals surface area contributed by atoms with Crippen molar-refractivity contribution in [2.45, 2.75) is 19.0 Å². The second-order valence-corrected chi connectivity index (χ2v) is 4.23. The normalized spacial score (nSPS) is 23.1. The van der Waals surface area contributed by atoms with Gasteiger partial charge < -0.3 is 10.1 Å². The van der Waals surface area contributed by atoms with Crippen molar-refractivity contribution in [1.29, 1.82) is 0 Å². The Balaban J connectivity index is 2.18. The number of aromatic nitrogens is 2. The average molecular weight is 227 g/mol. The van der Waals surface area contributed by atoms with Gasteiger partial charge in [-0.25, -0.2) is 4.39 Å². The minimum atomic E-state index is -1.00. The van der Waals surface area contributed by atoms with E-state index in [1.165, 1.54) is 0 Å². The fraction of sp³-hybridized carbons (Fsp3) is 0.727. The summed E-state index contributed by atoms with van der Waals surface area (Å²) in [5.74, 6) is 0.568. The Morgan fingerprint density at radius 2 is 2.50 bits per heavy atom. The van der Waals surface area contributed by atoms with E-state index in [1.807, 2.05) is 0 Å². The third kappa shape index (κ3) is 2.04. The summed E-state index contributed by atoms with van der Waals surface area (Å²) in [6, 6.07) is 0. The van der Waals surface area contributed by atoms with Crippen LogP contribution in [0.5, 0.6) is 5.75 Å². The van der Waals surface area contributed by atoms with E-state index in [0.717, 1.165) is 25.9 Å². The third-order valence-electron chi connectivity index (χ3n) is 3.18. The first-order valence-electron chi connectivity index (χ1n) is 5.64. The van der Waals surface area contributed by atoms with Crippen LogP contribution in [0.25, 0.3) is 0 Å². The molecule has 1 aliphatic heterocycles. The van der Waals surface area contributed by atoms with Crippen LogP contribution in [0, 0.1) is 5.92 Å². The van der Waals surface area contributed by atoms with Gasteiger partial charge in [0.1, 0.15) is 11.9 Å². The number of methoxy groups -OCH3 is 1. The molecule has 2 heterocycles. The van der Waals surface area contributed by atoms with Crippen LogP contribution in [-0.2, 0) is 7.05 Å². The molecule has 0 saturated carbocycles. The second kappa shape index (κ2) is 4.82. The van der Waals surface area contributed by atoms with Gasteiger partial charge in [0.05, 0.1) is 13.3 Å². The molecule has 0 spiro atoms. The Labute approximate surface area is 94.8 Å². The zero-order valence-electron chi connectivity index (χ0n) is 9.74. The maximum absolute atomic E-state index is 14.4. The molecule has 0 aliphatic carbocycles. The van der Waals surface area contributed by atoms with E-state index in [9.17, 15) is 4.39 Å². The molecule has 0 amide bonds. The molecule has 2 unspecified atom stereocenters. The van der Waals surface area contributed by atoms with Gasteiger partial charge in [-0.2, -0.15) is 5.10 Å². The first-order valence-corrected chi connectivity index (χ1v) is 5.64. The van der Waals surface area contributed by atoms with Crippen molar-refractivity contribution in [2.24, 2.45) is 13.0 Å². The summed E-state index contributed by atoms with van der Waals surface area (Å²) >= 11 is 0. The fourth-order valence-corrected chi connectivity index (χ4v) is 2.25. The lowest BCUT2D eigenvalue weighted by Gasteiger charge is -2.26. The summed E-state index contributed by atoms with van der Waals surface area (Å²) in [5.41, 5.74) is 0.552. The predicted octanol–water partition coefficient (Wildman–Crippen LogP) is 1.44. The average Bonchev–Trinajstić information content (AvgIpc) is 2.70. The number of halogens is 1. The number of alkyl halides is 1. The number of ether oxygens (including phenoxy) is 1. The van der Waals surface area contributed by atoms with Crippen LogP contribution in [-0.4, -0.2) is 30.0 Å². The van der Waals surface area contributed by atoms with Gasteiger partial charge in [0.2, 0.25) is 0 Å². The standard InChI is InChI=1S/C11H18FN3O/c1-15-11(9(16-2)7-14-15)10(12)8-4-3-5-13-6-8/h7-8,10,13H,3-6H2,1-2H3. The van der Waals surface area contributed by atoms with Crippen molar-refractivity contribution < 1.29 is 9.13 Å². The second-order valence-electron chi connectivity index (χ2n) is 4.23. The molecular weight excluding hydrogens is 209 g/mol. The summed E-state index contributed by atoms with van der Waals surface area (Å²) in [6.45, 7) is 1.72. The van der Waals surface area contributed by atoms with Gasteiger partial charge in [-0.05, 0) is 19.4 Å². The van der Waals surface area contributed by atoms with Crippen LogP contribution in [0.4, 0.5) is 4.39 Å². The Morgan fingerprint density at radius 1 is 1.69 bits per heavy atom. The van der Waals surface area contributed by atoms with Crippen molar-refractivity contribution in [3.05, 3.63) is 11.9 Å². The quantitative estimate of drug-likeness (QED) is 0.849. The number of hydrogen-bond acceptors (Lipinski definition) is 3. The minimum Gasteiger partial charge on any atom is -0.493 e. The Bertz CT molecular complexity index is 347. The SMILES string of the molecule is COc1cnn(C)c1C(F)C1CCCNC1. The molecule has 1 aliphatic rings. The zero-order chi connectivity index (χ0) is 11.5. The van der Waals surface area contributed by atoms with Crippen LogP contribution in [0.15, 0.2) is 6.20 Å². The molecular formula is C11H18FN3O. The number of piperidine rings is 1. The molecule has 2 atom stereocenters. The van der Waals surface area contributed by atoms with Crippen LogP contribution < -0.4 is 10.1 Å². The van der Waals surface area contributed by atoms with Crippen molar-refractivity contribution in [3.63, 3.8) is 0 Å². The van der Waals surface area contributed by atoms with Crippen molar-refractivity contribution in [1.82, 2.24) is 15.1 Å². The van der Waals surface area contributed by atoms with E-state index in [-0.39, 0.29) is 5.92 Å². The monoisotopic (exact) mass is 227 g/mol. The van der Waals surface area contributed by atoms with E-state index >= 15 is 0 Å². The van der Waals surface area contributed by atoms with Crippen LogP contribution >= 0.6 is 0 Å². The lowest BCUT2D eigenvalue weighted by molar-refractivity contribution is 0.181. The summed E-state index contributed by atoms with van der Waals surface area (Å²) in [6.07, 6.45) is 2.52. The van der Waals surface area contributed by atoms with Gasteiger partial charge in [-0.1, -0.05) is 0 Å². The number of rotatable bonds is 3. The van der Waals surface area contributed by atoms with E-state index in [4.69, 9.17) is 4.74 Å². The highest BCUT2D eigenvalue weighted by molar-refractivity contribution is 5.27. The smallest absolute Gasteiger partial charge is 0.162 e. The summed E-state index contributed by atoms with van der Waals surface area (Å²) < 4.78 is 21.1. The van der Waals surface area contributed by atoms with Gasteiger partial charge in [0, 0.05) is 19.5 Å². The highest BCUT2D eigenvalue weighted by Gasteiger charge is 2.29. The van der Waals surface area contributed by atoms with Gasteiger partial charge in [-0.15, -0.1) is 0 Å². The summed E-state index contributed by atoms with van der Waals surface area (Å²) in [4.78, 5) is 0. The molecule has 0 bridgehead atoms. The third-order valence-corrected chi connectivity index (χ3v) is 3.18. The lowest BCUT2D eigenvalue weighted by Crippen LogP contribution is -2.32. The molecule has 5 heteroatoms. The van der Waals surface area contributed by atoms with Crippen molar-refractivity contribution in [3.8, 4) is 5.75 Å². The Hall–Kier alpha value is -1.10. The molecule has 1 saturated heterocycles.